The first kappa shape index (κ1) is 16.3. The molecule has 1 aliphatic rings. The number of Topliss-reactive ketones (excluding diaryl/α,β-unsaturated/α-hetero) is 2. The molecule has 0 fully saturated rings. The third-order valence-electron chi connectivity index (χ3n) is 2.55. The zero-order valence-corrected chi connectivity index (χ0v) is 12.6. The lowest BCUT2D eigenvalue weighted by molar-refractivity contribution is -0.139. The van der Waals surface area contributed by atoms with Crippen molar-refractivity contribution in [2.24, 2.45) is 0 Å². The van der Waals surface area contributed by atoms with Gasteiger partial charge in [0.25, 0.3) is 0 Å². The molecular weight excluding hydrogens is 284 g/mol. The second-order valence-corrected chi connectivity index (χ2v) is 4.76. The highest BCUT2D eigenvalue weighted by molar-refractivity contribution is 8.04. The van der Waals surface area contributed by atoms with Crippen LogP contribution in [0.4, 0.5) is 0 Å². The first-order valence-corrected chi connectivity index (χ1v) is 6.87. The van der Waals surface area contributed by atoms with Crippen LogP contribution in [0.15, 0.2) is 22.0 Å². The van der Waals surface area contributed by atoms with Gasteiger partial charge in [-0.25, -0.2) is 0 Å². The van der Waals surface area contributed by atoms with E-state index in [1.807, 2.05) is 0 Å². The fraction of sp³-hybridized carbons (Fsp3) is 0.462. The maximum atomic E-state index is 12.2. The number of allylic oxidation sites excluding steroid dienone is 2. The van der Waals surface area contributed by atoms with Crippen LogP contribution in [0, 0.1) is 0 Å². The van der Waals surface area contributed by atoms with E-state index in [2.05, 4.69) is 0 Å². The fourth-order valence-corrected chi connectivity index (χ4v) is 2.51. The lowest BCUT2D eigenvalue weighted by Gasteiger charge is -2.19. The molecule has 0 saturated heterocycles. The van der Waals surface area contributed by atoms with Gasteiger partial charge < -0.3 is 14.2 Å². The molecule has 0 spiro atoms. The van der Waals surface area contributed by atoms with Crippen molar-refractivity contribution < 1.29 is 28.6 Å². The molecule has 7 heteroatoms. The molecule has 0 unspecified atom stereocenters. The van der Waals surface area contributed by atoms with Crippen LogP contribution >= 0.6 is 11.8 Å². The van der Waals surface area contributed by atoms with Gasteiger partial charge >= 0.3 is 5.97 Å². The summed E-state index contributed by atoms with van der Waals surface area (Å²) in [6.45, 7) is 3.47. The molecule has 1 aliphatic carbocycles. The number of carbonyl (C=O) groups excluding carboxylic acids is 3. The van der Waals surface area contributed by atoms with Gasteiger partial charge in [-0.3, -0.25) is 14.4 Å². The van der Waals surface area contributed by atoms with E-state index < -0.39 is 17.5 Å². The van der Waals surface area contributed by atoms with E-state index in [-0.39, 0.29) is 34.4 Å². The maximum absolute atomic E-state index is 12.2. The predicted molar refractivity (Wildman–Crippen MR) is 72.8 cm³/mol. The number of thioether (sulfide) groups is 1. The Labute approximate surface area is 121 Å². The van der Waals surface area contributed by atoms with Crippen LogP contribution in [0.2, 0.25) is 0 Å². The van der Waals surface area contributed by atoms with Crippen molar-refractivity contribution in [3.8, 4) is 0 Å². The van der Waals surface area contributed by atoms with Crippen LogP contribution in [0.3, 0.4) is 0 Å². The molecule has 0 bridgehead atoms. The molecule has 1 rings (SSSR count). The Balaban J connectivity index is 2.97. The summed E-state index contributed by atoms with van der Waals surface area (Å²) in [4.78, 5) is 35.8. The summed E-state index contributed by atoms with van der Waals surface area (Å²) in [7, 11) is 2.58. The van der Waals surface area contributed by atoms with Gasteiger partial charge in [0.05, 0.1) is 31.5 Å². The molecule has 6 nitrogen and oxygen atoms in total. The Morgan fingerprint density at radius 1 is 1.10 bits per heavy atom. The van der Waals surface area contributed by atoms with Crippen LogP contribution in [0.25, 0.3) is 0 Å². The lowest BCUT2D eigenvalue weighted by atomic mass is 10.0. The van der Waals surface area contributed by atoms with Gasteiger partial charge in [0.1, 0.15) is 0 Å². The molecule has 0 aromatic rings. The smallest absolute Gasteiger partial charge is 0.316 e. The summed E-state index contributed by atoms with van der Waals surface area (Å²) < 4.78 is 14.6. The minimum absolute atomic E-state index is 0.0428. The molecule has 0 aromatic heterocycles. The minimum Gasteiger partial charge on any atom is -0.489 e. The fourth-order valence-electron chi connectivity index (χ4n) is 1.63. The molecule has 110 valence electrons. The van der Waals surface area contributed by atoms with Gasteiger partial charge in [0.15, 0.2) is 0 Å². The summed E-state index contributed by atoms with van der Waals surface area (Å²) in [5.41, 5.74) is 0.238. The maximum Gasteiger partial charge on any atom is 0.316 e. The standard InChI is InChI=1S/C13H16O6S/c1-5-19-8(14)6-20-13-7(2)9(15)11(17-3)12(18-4)10(13)16/h5-6H2,1-4H3. The zero-order chi connectivity index (χ0) is 15.3. The van der Waals surface area contributed by atoms with E-state index in [1.165, 1.54) is 21.1 Å². The number of rotatable bonds is 6. The lowest BCUT2D eigenvalue weighted by Crippen LogP contribution is -2.24. The third kappa shape index (κ3) is 3.22. The predicted octanol–water partition coefficient (Wildman–Crippen LogP) is 1.21. The van der Waals surface area contributed by atoms with Crippen LogP contribution in [-0.4, -0.2) is 44.1 Å². The first-order chi connectivity index (χ1) is 9.47. The van der Waals surface area contributed by atoms with E-state index in [0.29, 0.717) is 0 Å². The number of methoxy groups -OCH3 is 2. The number of ether oxygens (including phenoxy) is 3. The van der Waals surface area contributed by atoms with Crippen LogP contribution in [0.5, 0.6) is 0 Å². The Morgan fingerprint density at radius 2 is 1.65 bits per heavy atom. The van der Waals surface area contributed by atoms with Gasteiger partial charge in [-0.2, -0.15) is 0 Å². The summed E-state index contributed by atoms with van der Waals surface area (Å²) in [5.74, 6) is -1.63. The number of carbonyl (C=O) groups is 3. The molecule has 20 heavy (non-hydrogen) atoms. The molecule has 0 atom stereocenters. The summed E-state index contributed by atoms with van der Waals surface area (Å²) in [6.07, 6.45) is 0. The quantitative estimate of drug-likeness (QED) is 0.539. The number of esters is 1. The van der Waals surface area contributed by atoms with Crippen LogP contribution in [-0.2, 0) is 28.6 Å². The highest BCUT2D eigenvalue weighted by Crippen LogP contribution is 2.32. The van der Waals surface area contributed by atoms with Crippen molar-refractivity contribution in [3.05, 3.63) is 22.0 Å². The average Bonchev–Trinajstić information content (AvgIpc) is 2.42. The normalized spacial score (nSPS) is 15.6. The Bertz CT molecular complexity index is 503. The van der Waals surface area contributed by atoms with Crippen molar-refractivity contribution in [3.63, 3.8) is 0 Å². The van der Waals surface area contributed by atoms with Gasteiger partial charge in [-0.05, 0) is 13.8 Å². The van der Waals surface area contributed by atoms with Crippen molar-refractivity contribution >= 4 is 29.3 Å². The third-order valence-corrected chi connectivity index (χ3v) is 3.71. The Hall–Kier alpha value is -1.76. The largest absolute Gasteiger partial charge is 0.489 e. The monoisotopic (exact) mass is 300 g/mol. The summed E-state index contributed by atoms with van der Waals surface area (Å²) >= 11 is 0.962. The van der Waals surface area contributed by atoms with E-state index >= 15 is 0 Å². The topological polar surface area (TPSA) is 78.9 Å². The average molecular weight is 300 g/mol. The Morgan fingerprint density at radius 3 is 2.15 bits per heavy atom. The molecule has 0 N–H and O–H groups in total. The van der Waals surface area contributed by atoms with Crippen molar-refractivity contribution in [1.82, 2.24) is 0 Å². The minimum atomic E-state index is -0.462. The van der Waals surface area contributed by atoms with Crippen molar-refractivity contribution in [1.29, 1.82) is 0 Å². The van der Waals surface area contributed by atoms with E-state index in [9.17, 15) is 14.4 Å². The van der Waals surface area contributed by atoms with E-state index in [1.54, 1.807) is 6.92 Å². The molecule has 0 amide bonds. The molecule has 0 saturated carbocycles. The molecule has 0 aliphatic heterocycles. The van der Waals surface area contributed by atoms with Gasteiger partial charge in [-0.15, -0.1) is 11.8 Å². The summed E-state index contributed by atoms with van der Waals surface area (Å²) in [6, 6.07) is 0. The van der Waals surface area contributed by atoms with E-state index in [4.69, 9.17) is 14.2 Å². The Kier molecular flexibility index (Phi) is 5.82. The molecule has 0 heterocycles. The van der Waals surface area contributed by atoms with Crippen LogP contribution < -0.4 is 0 Å². The number of ketones is 2. The van der Waals surface area contributed by atoms with Crippen molar-refractivity contribution in [2.45, 2.75) is 13.8 Å². The van der Waals surface area contributed by atoms with Gasteiger partial charge in [0.2, 0.25) is 23.1 Å². The molecule has 0 radical (unpaired) electrons. The zero-order valence-electron chi connectivity index (χ0n) is 11.8. The molecule has 0 aromatic carbocycles. The highest BCUT2D eigenvalue weighted by atomic mass is 32.2. The number of hydrogen-bond donors (Lipinski definition) is 0. The molecular formula is C13H16O6S. The van der Waals surface area contributed by atoms with Crippen LogP contribution in [0.1, 0.15) is 13.8 Å². The first-order valence-electron chi connectivity index (χ1n) is 5.88. The second-order valence-electron chi connectivity index (χ2n) is 3.77. The van der Waals surface area contributed by atoms with Crippen molar-refractivity contribution in [2.75, 3.05) is 26.6 Å². The van der Waals surface area contributed by atoms with E-state index in [0.717, 1.165) is 11.8 Å². The SMILES string of the molecule is CCOC(=O)CSC1=C(C)C(=O)C(OC)=C(OC)C1=O. The second kappa shape index (κ2) is 7.14. The van der Waals surface area contributed by atoms with Gasteiger partial charge in [0, 0.05) is 5.57 Å². The number of hydrogen-bond acceptors (Lipinski definition) is 7. The highest BCUT2D eigenvalue weighted by Gasteiger charge is 2.35. The van der Waals surface area contributed by atoms with Gasteiger partial charge in [-0.1, -0.05) is 0 Å². The summed E-state index contributed by atoms with van der Waals surface area (Å²) in [5, 5.41) is 0.